The first-order valence-corrected chi connectivity index (χ1v) is 8.25. The van der Waals surface area contributed by atoms with Gasteiger partial charge in [-0.2, -0.15) is 5.10 Å². The Hall–Kier alpha value is -2.83. The number of nitrogens with one attached hydrogen (secondary N) is 2. The average molecular weight is 344 g/mol. The maximum atomic E-state index is 12.3. The van der Waals surface area contributed by atoms with E-state index in [2.05, 4.69) is 16.0 Å². The molecule has 0 saturated heterocycles. The molecule has 2 rings (SSSR count). The second-order valence-corrected chi connectivity index (χ2v) is 5.92. The van der Waals surface area contributed by atoms with Crippen LogP contribution in [-0.4, -0.2) is 28.7 Å². The van der Waals surface area contributed by atoms with E-state index in [0.717, 1.165) is 11.3 Å². The lowest BCUT2D eigenvalue weighted by atomic mass is 10.1. The third-order valence-corrected chi connectivity index (χ3v) is 3.78. The van der Waals surface area contributed by atoms with Gasteiger partial charge in [0.25, 0.3) is 5.91 Å². The lowest BCUT2D eigenvalue weighted by molar-refractivity contribution is -0.121. The number of amides is 2. The molecule has 0 radical (unpaired) electrons. The Morgan fingerprint density at radius 3 is 2.60 bits per heavy atom. The largest absolute Gasteiger partial charge is 0.496 e. The van der Waals surface area contributed by atoms with Crippen molar-refractivity contribution in [3.8, 4) is 5.75 Å². The minimum Gasteiger partial charge on any atom is -0.496 e. The minimum atomic E-state index is -0.394. The van der Waals surface area contributed by atoms with Gasteiger partial charge in [-0.15, -0.1) is 0 Å². The molecule has 2 N–H and O–H groups in total. The number of rotatable bonds is 6. The molecule has 7 nitrogen and oxygen atoms in total. The third kappa shape index (κ3) is 4.59. The first-order chi connectivity index (χ1) is 12.0. The molecular weight excluding hydrogens is 320 g/mol. The van der Waals surface area contributed by atoms with Crippen LogP contribution in [0.25, 0.3) is 0 Å². The highest BCUT2D eigenvalue weighted by Gasteiger charge is 2.17. The van der Waals surface area contributed by atoms with Gasteiger partial charge in [0.15, 0.2) is 0 Å². The zero-order valence-corrected chi connectivity index (χ0v) is 15.0. The second-order valence-electron chi connectivity index (χ2n) is 5.92. The number of ether oxygens (including phenoxy) is 1. The molecule has 134 valence electrons. The van der Waals surface area contributed by atoms with Gasteiger partial charge in [0.2, 0.25) is 5.91 Å². The van der Waals surface area contributed by atoms with Crippen molar-refractivity contribution in [2.24, 2.45) is 0 Å². The van der Waals surface area contributed by atoms with Crippen molar-refractivity contribution < 1.29 is 14.3 Å². The normalized spacial score (nSPS) is 10.6. The molecule has 0 spiro atoms. The van der Waals surface area contributed by atoms with Gasteiger partial charge >= 0.3 is 0 Å². The van der Waals surface area contributed by atoms with Crippen LogP contribution in [-0.2, 0) is 17.8 Å². The van der Waals surface area contributed by atoms with E-state index in [0.29, 0.717) is 18.0 Å². The summed E-state index contributed by atoms with van der Waals surface area (Å²) in [7, 11) is 1.55. The summed E-state index contributed by atoms with van der Waals surface area (Å²) < 4.78 is 6.84. The maximum absolute atomic E-state index is 12.3. The number of nitrogens with zero attached hydrogens (tertiary/aromatic N) is 2. The van der Waals surface area contributed by atoms with Gasteiger partial charge in [-0.05, 0) is 25.0 Å². The summed E-state index contributed by atoms with van der Waals surface area (Å²) in [5.41, 5.74) is 6.89. The minimum absolute atomic E-state index is 0.106. The maximum Gasteiger partial charge on any atom is 0.287 e. The van der Waals surface area contributed by atoms with E-state index in [-0.39, 0.29) is 18.2 Å². The van der Waals surface area contributed by atoms with E-state index < -0.39 is 5.91 Å². The summed E-state index contributed by atoms with van der Waals surface area (Å²) in [6.07, 6.45) is 0.106. The van der Waals surface area contributed by atoms with Crippen molar-refractivity contribution in [1.82, 2.24) is 20.6 Å². The fraction of sp³-hybridized carbons (Fsp3) is 0.389. The molecule has 0 atom stereocenters. The number of benzene rings is 1. The zero-order valence-electron chi connectivity index (χ0n) is 15.0. The standard InChI is InChI=1S/C18H24N4O3/c1-5-22-15(11-14(21-22)12(2)3)18(24)20-19-17(23)10-13-8-6-7-9-16(13)25-4/h6-9,11-12H,5,10H2,1-4H3,(H,19,23)(H,20,24). The number of hydrazine groups is 1. The van der Waals surface area contributed by atoms with E-state index in [9.17, 15) is 9.59 Å². The van der Waals surface area contributed by atoms with Gasteiger partial charge < -0.3 is 4.74 Å². The van der Waals surface area contributed by atoms with E-state index in [1.54, 1.807) is 30.0 Å². The topological polar surface area (TPSA) is 85.3 Å². The molecule has 1 heterocycles. The number of aromatic nitrogens is 2. The number of carbonyl (C=O) groups excluding carboxylic acids is 2. The number of hydrogen-bond donors (Lipinski definition) is 2. The van der Waals surface area contributed by atoms with Gasteiger partial charge in [-0.1, -0.05) is 32.0 Å². The Balaban J connectivity index is 1.99. The Labute approximate surface area is 147 Å². The third-order valence-electron chi connectivity index (χ3n) is 3.78. The first kappa shape index (κ1) is 18.5. The van der Waals surface area contributed by atoms with Crippen LogP contribution in [0.1, 0.15) is 48.4 Å². The molecule has 0 fully saturated rings. The molecule has 0 saturated carbocycles. The lowest BCUT2D eigenvalue weighted by Crippen LogP contribution is -2.43. The molecule has 0 aliphatic carbocycles. The van der Waals surface area contributed by atoms with Gasteiger partial charge in [-0.3, -0.25) is 25.1 Å². The molecule has 0 bridgehead atoms. The summed E-state index contributed by atoms with van der Waals surface area (Å²) >= 11 is 0. The predicted molar refractivity (Wildman–Crippen MR) is 94.3 cm³/mol. The van der Waals surface area contributed by atoms with Crippen LogP contribution >= 0.6 is 0 Å². The molecule has 2 amide bonds. The van der Waals surface area contributed by atoms with Crippen molar-refractivity contribution in [2.45, 2.75) is 39.7 Å². The summed E-state index contributed by atoms with van der Waals surface area (Å²) in [6.45, 7) is 6.51. The fourth-order valence-corrected chi connectivity index (χ4v) is 2.40. The average Bonchev–Trinajstić information content (AvgIpc) is 3.05. The van der Waals surface area contributed by atoms with E-state index in [4.69, 9.17) is 4.74 Å². The van der Waals surface area contributed by atoms with E-state index in [1.165, 1.54) is 0 Å². The van der Waals surface area contributed by atoms with Crippen LogP contribution in [0.2, 0.25) is 0 Å². The molecule has 0 aliphatic rings. The molecule has 0 unspecified atom stereocenters. The van der Waals surface area contributed by atoms with Crippen LogP contribution < -0.4 is 15.6 Å². The zero-order chi connectivity index (χ0) is 18.4. The summed E-state index contributed by atoms with van der Waals surface area (Å²) in [5.74, 6) is 0.133. The van der Waals surface area contributed by atoms with Crippen LogP contribution in [0.3, 0.4) is 0 Å². The van der Waals surface area contributed by atoms with Crippen LogP contribution in [0.5, 0.6) is 5.75 Å². The first-order valence-electron chi connectivity index (χ1n) is 8.25. The Bertz CT molecular complexity index is 753. The van der Waals surface area contributed by atoms with Gasteiger partial charge in [0.05, 0.1) is 19.2 Å². The second kappa shape index (κ2) is 8.32. The highest BCUT2D eigenvalue weighted by atomic mass is 16.5. The summed E-state index contributed by atoms with van der Waals surface area (Å²) in [6, 6.07) is 9.00. The molecular formula is C18H24N4O3. The smallest absolute Gasteiger partial charge is 0.287 e. The SMILES string of the molecule is CCn1nc(C(C)C)cc1C(=O)NNC(=O)Cc1ccccc1OC. The monoisotopic (exact) mass is 344 g/mol. The van der Waals surface area contributed by atoms with Crippen molar-refractivity contribution in [3.05, 3.63) is 47.3 Å². The molecule has 0 aliphatic heterocycles. The number of hydrogen-bond acceptors (Lipinski definition) is 4. The van der Waals surface area contributed by atoms with E-state index >= 15 is 0 Å². The quantitative estimate of drug-likeness (QED) is 0.785. The van der Waals surface area contributed by atoms with Crippen LogP contribution in [0.4, 0.5) is 0 Å². The Morgan fingerprint density at radius 1 is 1.24 bits per heavy atom. The molecule has 1 aromatic heterocycles. The van der Waals surface area contributed by atoms with Crippen LogP contribution in [0.15, 0.2) is 30.3 Å². The highest BCUT2D eigenvalue weighted by Crippen LogP contribution is 2.17. The molecule has 7 heteroatoms. The Morgan fingerprint density at radius 2 is 1.96 bits per heavy atom. The van der Waals surface area contributed by atoms with Gasteiger partial charge in [-0.25, -0.2) is 0 Å². The lowest BCUT2D eigenvalue weighted by Gasteiger charge is -2.10. The van der Waals surface area contributed by atoms with E-state index in [1.807, 2.05) is 32.9 Å². The fourth-order valence-electron chi connectivity index (χ4n) is 2.40. The van der Waals surface area contributed by atoms with Crippen molar-refractivity contribution >= 4 is 11.8 Å². The molecule has 1 aromatic carbocycles. The summed E-state index contributed by atoms with van der Waals surface area (Å²) in [5, 5.41) is 4.39. The number of para-hydroxylation sites is 1. The van der Waals surface area contributed by atoms with Crippen LogP contribution in [0, 0.1) is 0 Å². The predicted octanol–water partition coefficient (Wildman–Crippen LogP) is 2.04. The Kier molecular flexibility index (Phi) is 6.16. The number of aryl methyl sites for hydroxylation is 1. The number of carbonyl (C=O) groups is 2. The van der Waals surface area contributed by atoms with Crippen molar-refractivity contribution in [1.29, 1.82) is 0 Å². The van der Waals surface area contributed by atoms with Gasteiger partial charge in [0, 0.05) is 12.1 Å². The molecule has 25 heavy (non-hydrogen) atoms. The summed E-state index contributed by atoms with van der Waals surface area (Å²) in [4.78, 5) is 24.4. The van der Waals surface area contributed by atoms with Crippen molar-refractivity contribution in [2.75, 3.05) is 7.11 Å². The molecule has 2 aromatic rings. The van der Waals surface area contributed by atoms with Crippen molar-refractivity contribution in [3.63, 3.8) is 0 Å². The highest BCUT2D eigenvalue weighted by molar-refractivity contribution is 5.94. The van der Waals surface area contributed by atoms with Gasteiger partial charge in [0.1, 0.15) is 11.4 Å². The number of methoxy groups -OCH3 is 1.